The molecule has 0 bridgehead atoms. The summed E-state index contributed by atoms with van der Waals surface area (Å²) < 4.78 is 1.84. The zero-order chi connectivity index (χ0) is 20.0. The third kappa shape index (κ3) is 4.82. The van der Waals surface area contributed by atoms with Gasteiger partial charge in [-0.05, 0) is 58.3 Å². The molecule has 0 amide bonds. The normalized spacial score (nSPS) is 11.5. The van der Waals surface area contributed by atoms with Crippen LogP contribution in [0.25, 0.3) is 22.9 Å². The van der Waals surface area contributed by atoms with Crippen molar-refractivity contribution < 1.29 is 10.1 Å². The number of nitrogens with two attached hydrogens (primary N) is 2. The number of benzene rings is 1. The molecule has 0 aliphatic heterocycles. The first-order valence-corrected chi connectivity index (χ1v) is 12.4. The van der Waals surface area contributed by atoms with E-state index in [0.717, 1.165) is 16.7 Å². The van der Waals surface area contributed by atoms with E-state index >= 15 is 0 Å². The zero-order valence-electron chi connectivity index (χ0n) is 15.3. The molecule has 27 heavy (non-hydrogen) atoms. The molecule has 0 radical (unpaired) electrons. The van der Waals surface area contributed by atoms with Gasteiger partial charge in [-0.1, -0.05) is 19.9 Å². The number of nitrogen functional groups attached to an aromatic ring is 1. The van der Waals surface area contributed by atoms with Crippen LogP contribution < -0.4 is 16.4 Å². The van der Waals surface area contributed by atoms with Crippen LogP contribution in [0.1, 0.15) is 30.7 Å². The van der Waals surface area contributed by atoms with E-state index in [-0.39, 0.29) is 5.75 Å². The number of hydrogen-bond donors (Lipinski definition) is 4. The highest BCUT2D eigenvalue weighted by molar-refractivity contribution is 14.2. The second-order valence-corrected chi connectivity index (χ2v) is 7.53. The lowest BCUT2D eigenvalue weighted by molar-refractivity contribution is -0.137. The number of aryl methyl sites for hydroxylation is 1. The van der Waals surface area contributed by atoms with E-state index in [0.29, 0.717) is 29.0 Å². The number of rotatable bonds is 5. The van der Waals surface area contributed by atoms with Crippen LogP contribution in [-0.4, -0.2) is 19.8 Å². The maximum atomic E-state index is 9.28. The van der Waals surface area contributed by atoms with E-state index < -0.39 is 0 Å². The second kappa shape index (κ2) is 9.77. The molecule has 0 saturated carbocycles. The fourth-order valence-electron chi connectivity index (χ4n) is 2.44. The number of anilines is 1. The topological polar surface area (TPSA) is 115 Å². The molecule has 1 aromatic carbocycles. The average molecular weight is 499 g/mol. The van der Waals surface area contributed by atoms with Crippen molar-refractivity contribution >= 4 is 45.9 Å². The number of hydrogen-bond acceptors (Lipinski definition) is 5. The fraction of sp³-hybridized carbons (Fsp3) is 0.167. The summed E-state index contributed by atoms with van der Waals surface area (Å²) in [4.78, 5) is 7.61. The molecule has 0 saturated heterocycles. The van der Waals surface area contributed by atoms with E-state index in [2.05, 4.69) is 37.0 Å². The van der Waals surface area contributed by atoms with Crippen molar-refractivity contribution in [2.24, 2.45) is 5.73 Å². The van der Waals surface area contributed by atoms with Crippen LogP contribution in [0, 0.1) is 6.92 Å². The highest BCUT2D eigenvalue weighted by Crippen LogP contribution is 2.32. The Balaban J connectivity index is 0.00000126. The minimum absolute atomic E-state index is 0.262. The monoisotopic (exact) mass is 499 g/mol. The second-order valence-electron chi connectivity index (χ2n) is 5.46. The van der Waals surface area contributed by atoms with Crippen LogP contribution in [0.4, 0.5) is 5.69 Å². The summed E-state index contributed by atoms with van der Waals surface area (Å²) in [5.74, 6) is 0.262. The van der Waals surface area contributed by atoms with Gasteiger partial charge in [0.25, 0.3) is 0 Å². The first kappa shape index (κ1) is 21.3. The highest BCUT2D eigenvalue weighted by atomic mass is 127. The standard InChI is InChI=1S/C16H17IN5O2P.C2H6/c1-9-6-20-14(16(9)19)5-13(18)12-3-2-10(4-15(12)24-23)11-7-21-22(8-11)25-17;1-2/h2-8,20,23,25H,18-19H2,1H3;1-2H3/b13-5-;. The largest absolute Gasteiger partial charge is 0.398 e. The van der Waals surface area contributed by atoms with Gasteiger partial charge >= 0.3 is 0 Å². The van der Waals surface area contributed by atoms with E-state index in [1.54, 1.807) is 24.4 Å². The summed E-state index contributed by atoms with van der Waals surface area (Å²) in [6.45, 7) is 5.91. The van der Waals surface area contributed by atoms with Gasteiger partial charge in [-0.25, -0.2) is 9.71 Å². The predicted octanol–water partition coefficient (Wildman–Crippen LogP) is 4.90. The van der Waals surface area contributed by atoms with Crippen molar-refractivity contribution in [3.8, 4) is 16.9 Å². The van der Waals surface area contributed by atoms with E-state index in [1.807, 2.05) is 43.7 Å². The van der Waals surface area contributed by atoms with Gasteiger partial charge in [0.05, 0.1) is 24.0 Å². The molecular weight excluding hydrogens is 476 g/mol. The van der Waals surface area contributed by atoms with Crippen molar-refractivity contribution in [1.29, 1.82) is 0 Å². The molecule has 3 rings (SSSR count). The quantitative estimate of drug-likeness (QED) is 0.173. The number of halogens is 1. The SMILES string of the molecule is CC.Cc1c[nH]c(/C=C(\N)c2ccc(-c3cnn(PI)c3)cc2OO)c1N. The molecule has 9 heteroatoms. The molecule has 0 spiro atoms. The third-order valence-electron chi connectivity index (χ3n) is 3.85. The Morgan fingerprint density at radius 3 is 2.67 bits per heavy atom. The molecule has 144 valence electrons. The first-order valence-electron chi connectivity index (χ1n) is 8.31. The number of aromatic nitrogens is 3. The van der Waals surface area contributed by atoms with Gasteiger partial charge in [0.2, 0.25) is 0 Å². The molecule has 7 nitrogen and oxygen atoms in total. The van der Waals surface area contributed by atoms with Crippen LogP contribution in [0.5, 0.6) is 5.75 Å². The number of nitrogens with one attached hydrogen (secondary N) is 1. The molecule has 3 aromatic rings. The average Bonchev–Trinajstić information content (AvgIpc) is 3.31. The minimum atomic E-state index is 0.262. The van der Waals surface area contributed by atoms with Gasteiger partial charge in [0.1, 0.15) is 0 Å². The van der Waals surface area contributed by atoms with Crippen LogP contribution in [0.3, 0.4) is 0 Å². The van der Waals surface area contributed by atoms with Gasteiger partial charge in [-0.2, -0.15) is 5.10 Å². The third-order valence-corrected chi connectivity index (χ3v) is 5.75. The molecule has 0 aliphatic carbocycles. The van der Waals surface area contributed by atoms with E-state index in [4.69, 9.17) is 11.5 Å². The fourth-order valence-corrected chi connectivity index (χ4v) is 3.52. The summed E-state index contributed by atoms with van der Waals surface area (Å²) in [7, 11) is 0. The lowest BCUT2D eigenvalue weighted by Gasteiger charge is -2.09. The molecule has 2 aromatic heterocycles. The van der Waals surface area contributed by atoms with Crippen molar-refractivity contribution in [3.05, 3.63) is 53.6 Å². The Bertz CT molecular complexity index is 936. The Hall–Kier alpha value is -2.03. The molecule has 0 fully saturated rings. The lowest BCUT2D eigenvalue weighted by atomic mass is 10.0. The van der Waals surface area contributed by atoms with Gasteiger partial charge < -0.3 is 21.3 Å². The van der Waals surface area contributed by atoms with Crippen molar-refractivity contribution in [2.75, 3.05) is 5.73 Å². The Kier molecular flexibility index (Phi) is 7.70. The molecule has 1 atom stereocenters. The Labute approximate surface area is 173 Å². The smallest absolute Gasteiger partial charge is 0.175 e. The van der Waals surface area contributed by atoms with Crippen molar-refractivity contribution in [2.45, 2.75) is 20.8 Å². The molecule has 0 aliphatic rings. The van der Waals surface area contributed by atoms with Crippen molar-refractivity contribution in [3.63, 3.8) is 0 Å². The molecule has 6 N–H and O–H groups in total. The van der Waals surface area contributed by atoms with Crippen LogP contribution in [-0.2, 0) is 0 Å². The number of aromatic amines is 1. The summed E-state index contributed by atoms with van der Waals surface area (Å²) >= 11 is 2.26. The lowest BCUT2D eigenvalue weighted by Crippen LogP contribution is -2.01. The minimum Gasteiger partial charge on any atom is -0.398 e. The van der Waals surface area contributed by atoms with Gasteiger partial charge in [-0.15, -0.1) is 0 Å². The number of H-pyrrole nitrogens is 1. The maximum absolute atomic E-state index is 9.28. The zero-order valence-corrected chi connectivity index (χ0v) is 18.5. The summed E-state index contributed by atoms with van der Waals surface area (Å²) in [5, 5.41) is 13.5. The Morgan fingerprint density at radius 1 is 1.37 bits per heavy atom. The molecule has 1 unspecified atom stereocenters. The van der Waals surface area contributed by atoms with E-state index in [1.165, 1.54) is 0 Å². The first-order chi connectivity index (χ1) is 13.0. The van der Waals surface area contributed by atoms with Gasteiger partial charge in [0.15, 0.2) is 5.75 Å². The van der Waals surface area contributed by atoms with Gasteiger partial charge in [0, 0.05) is 29.2 Å². The van der Waals surface area contributed by atoms with E-state index in [9.17, 15) is 5.26 Å². The number of nitrogens with zero attached hydrogens (tertiary/aromatic N) is 2. The summed E-state index contributed by atoms with van der Waals surface area (Å²) in [6, 6.07) is 5.42. The summed E-state index contributed by atoms with van der Waals surface area (Å²) in [5.41, 5.74) is 17.3. The van der Waals surface area contributed by atoms with Crippen molar-refractivity contribution in [1.82, 2.24) is 14.5 Å². The van der Waals surface area contributed by atoms with Crippen LogP contribution >= 0.6 is 28.4 Å². The molecular formula is C18H23IN5O2P. The highest BCUT2D eigenvalue weighted by Gasteiger charge is 2.12. The van der Waals surface area contributed by atoms with Gasteiger partial charge in [-0.3, -0.25) is 0 Å². The maximum Gasteiger partial charge on any atom is 0.175 e. The molecule has 2 heterocycles. The van der Waals surface area contributed by atoms with Crippen LogP contribution in [0.15, 0.2) is 36.8 Å². The van der Waals surface area contributed by atoms with Crippen LogP contribution in [0.2, 0.25) is 0 Å². The Morgan fingerprint density at radius 2 is 2.11 bits per heavy atom. The summed E-state index contributed by atoms with van der Waals surface area (Å²) in [6.07, 6.45) is 7.75. The predicted molar refractivity (Wildman–Crippen MR) is 122 cm³/mol.